The van der Waals surface area contributed by atoms with Crippen LogP contribution in [0.2, 0.25) is 4.34 Å². The van der Waals surface area contributed by atoms with Gasteiger partial charge in [-0.05, 0) is 36.4 Å². The van der Waals surface area contributed by atoms with Crippen LogP contribution in [-0.2, 0) is 6.54 Å². The Morgan fingerprint density at radius 3 is 2.50 bits per heavy atom. The third-order valence-electron chi connectivity index (χ3n) is 2.48. The van der Waals surface area contributed by atoms with Crippen LogP contribution in [0.1, 0.15) is 15.2 Å². The maximum Gasteiger partial charge on any atom is 0.253 e. The van der Waals surface area contributed by atoms with Gasteiger partial charge in [0.15, 0.2) is 0 Å². The van der Waals surface area contributed by atoms with Gasteiger partial charge in [-0.15, -0.1) is 24.0 Å². The summed E-state index contributed by atoms with van der Waals surface area (Å²) < 4.78 is 0.741. The highest BCUT2D eigenvalue weighted by atomic mass is 35.5. The van der Waals surface area contributed by atoms with Crippen LogP contribution in [0.15, 0.2) is 41.3 Å². The summed E-state index contributed by atoms with van der Waals surface area (Å²) >= 11 is 11.6. The van der Waals surface area contributed by atoms with Crippen molar-refractivity contribution in [3.05, 3.63) is 51.2 Å². The molecule has 0 aliphatic carbocycles. The Bertz CT molecular complexity index is 550. The second-order valence-electron chi connectivity index (χ2n) is 3.91. The second-order valence-corrected chi connectivity index (χ2v) is 6.23. The number of nitrogens with zero attached hydrogens (tertiary/aromatic N) is 1. The monoisotopic (exact) mass is 297 g/mol. The summed E-state index contributed by atoms with van der Waals surface area (Å²) in [7, 11) is 1.78. The largest absolute Gasteiger partial charge is 0.337 e. The maximum absolute atomic E-state index is 12.1. The van der Waals surface area contributed by atoms with Crippen LogP contribution in [0.25, 0.3) is 0 Å². The standard InChI is InChI=1S/C13H12ClNOS2/c1-15(8-11-6-7-12(14)18-11)13(16)9-2-4-10(17)5-3-9/h2-7,17H,8H2,1H3. The van der Waals surface area contributed by atoms with Crippen LogP contribution in [0.5, 0.6) is 0 Å². The van der Waals surface area contributed by atoms with Gasteiger partial charge in [-0.25, -0.2) is 0 Å². The molecule has 0 bridgehead atoms. The van der Waals surface area contributed by atoms with E-state index in [2.05, 4.69) is 12.6 Å². The summed E-state index contributed by atoms with van der Waals surface area (Å²) in [6.07, 6.45) is 0. The first-order valence-electron chi connectivity index (χ1n) is 5.35. The number of halogens is 1. The van der Waals surface area contributed by atoms with Crippen molar-refractivity contribution in [1.29, 1.82) is 0 Å². The normalized spacial score (nSPS) is 10.4. The lowest BCUT2D eigenvalue weighted by molar-refractivity contribution is 0.0786. The molecule has 1 aromatic carbocycles. The summed E-state index contributed by atoms with van der Waals surface area (Å²) in [4.78, 5) is 15.7. The Labute approximate surface area is 121 Å². The molecule has 0 unspecified atom stereocenters. The van der Waals surface area contributed by atoms with E-state index in [1.807, 2.05) is 24.3 Å². The highest BCUT2D eigenvalue weighted by molar-refractivity contribution is 7.80. The number of amides is 1. The second kappa shape index (κ2) is 5.78. The molecular weight excluding hydrogens is 286 g/mol. The predicted octanol–water partition coefficient (Wildman–Crippen LogP) is 3.96. The van der Waals surface area contributed by atoms with Gasteiger partial charge < -0.3 is 4.90 Å². The van der Waals surface area contributed by atoms with Gasteiger partial charge in [0, 0.05) is 22.4 Å². The molecule has 0 radical (unpaired) electrons. The maximum atomic E-state index is 12.1. The predicted molar refractivity (Wildman–Crippen MR) is 78.8 cm³/mol. The Morgan fingerprint density at radius 2 is 1.94 bits per heavy atom. The first kappa shape index (κ1) is 13.5. The third kappa shape index (κ3) is 3.28. The van der Waals surface area contributed by atoms with Gasteiger partial charge >= 0.3 is 0 Å². The smallest absolute Gasteiger partial charge is 0.253 e. The van der Waals surface area contributed by atoms with Crippen LogP contribution in [0.4, 0.5) is 0 Å². The van der Waals surface area contributed by atoms with Gasteiger partial charge in [-0.1, -0.05) is 11.6 Å². The van der Waals surface area contributed by atoms with Crippen LogP contribution < -0.4 is 0 Å². The van der Waals surface area contributed by atoms with Crippen molar-refractivity contribution in [1.82, 2.24) is 4.90 Å². The van der Waals surface area contributed by atoms with E-state index < -0.39 is 0 Å². The van der Waals surface area contributed by atoms with Crippen LogP contribution in [-0.4, -0.2) is 17.9 Å². The first-order valence-corrected chi connectivity index (χ1v) is 6.99. The molecule has 5 heteroatoms. The van der Waals surface area contributed by atoms with Crippen LogP contribution in [0.3, 0.4) is 0 Å². The zero-order valence-corrected chi connectivity index (χ0v) is 12.2. The topological polar surface area (TPSA) is 20.3 Å². The fraction of sp³-hybridized carbons (Fsp3) is 0.154. The lowest BCUT2D eigenvalue weighted by atomic mass is 10.2. The molecule has 2 nitrogen and oxygen atoms in total. The molecule has 0 fully saturated rings. The summed E-state index contributed by atoms with van der Waals surface area (Å²) in [6.45, 7) is 0.568. The van der Waals surface area contributed by atoms with E-state index in [1.54, 1.807) is 24.1 Å². The van der Waals surface area contributed by atoms with Gasteiger partial charge in [0.2, 0.25) is 0 Å². The number of rotatable bonds is 3. The van der Waals surface area contributed by atoms with Gasteiger partial charge in [0.25, 0.3) is 5.91 Å². The molecule has 2 rings (SSSR count). The molecule has 0 atom stereocenters. The van der Waals surface area contributed by atoms with Crippen molar-refractivity contribution in [2.45, 2.75) is 11.4 Å². The third-order valence-corrected chi connectivity index (χ3v) is 4.00. The molecule has 1 aromatic heterocycles. The van der Waals surface area contributed by atoms with Crippen molar-refractivity contribution in [2.24, 2.45) is 0 Å². The lowest BCUT2D eigenvalue weighted by Crippen LogP contribution is -2.25. The van der Waals surface area contributed by atoms with E-state index >= 15 is 0 Å². The minimum atomic E-state index is -0.00662. The minimum Gasteiger partial charge on any atom is -0.337 e. The zero-order chi connectivity index (χ0) is 13.1. The average Bonchev–Trinajstić information content (AvgIpc) is 2.75. The number of hydrogen-bond donors (Lipinski definition) is 1. The number of hydrogen-bond acceptors (Lipinski definition) is 3. The quantitative estimate of drug-likeness (QED) is 0.850. The van der Waals surface area contributed by atoms with Crippen molar-refractivity contribution in [3.63, 3.8) is 0 Å². The molecular formula is C13H12ClNOS2. The van der Waals surface area contributed by atoms with Gasteiger partial charge in [-0.3, -0.25) is 4.79 Å². The molecule has 18 heavy (non-hydrogen) atoms. The number of thiophene rings is 1. The zero-order valence-electron chi connectivity index (χ0n) is 9.76. The van der Waals surface area contributed by atoms with E-state index in [4.69, 9.17) is 11.6 Å². The molecule has 0 saturated carbocycles. The SMILES string of the molecule is CN(Cc1ccc(Cl)s1)C(=O)c1ccc(S)cc1. The molecule has 2 aromatic rings. The van der Waals surface area contributed by atoms with E-state index in [-0.39, 0.29) is 5.91 Å². The van der Waals surface area contributed by atoms with E-state index in [0.29, 0.717) is 12.1 Å². The molecule has 0 saturated heterocycles. The Morgan fingerprint density at radius 1 is 1.28 bits per heavy atom. The average molecular weight is 298 g/mol. The lowest BCUT2D eigenvalue weighted by Gasteiger charge is -2.16. The summed E-state index contributed by atoms with van der Waals surface area (Å²) in [5.74, 6) is -0.00662. The molecule has 0 aliphatic heterocycles. The molecule has 0 spiro atoms. The fourth-order valence-electron chi connectivity index (χ4n) is 1.57. The van der Waals surface area contributed by atoms with Gasteiger partial charge in [0.05, 0.1) is 10.9 Å². The number of carbonyl (C=O) groups excluding carboxylic acids is 1. The van der Waals surface area contributed by atoms with Crippen LogP contribution >= 0.6 is 35.6 Å². The van der Waals surface area contributed by atoms with Crippen molar-refractivity contribution in [2.75, 3.05) is 7.05 Å². The molecule has 0 N–H and O–H groups in total. The highest BCUT2D eigenvalue weighted by Gasteiger charge is 2.12. The summed E-state index contributed by atoms with van der Waals surface area (Å²) in [5.41, 5.74) is 0.665. The number of carbonyl (C=O) groups is 1. The van der Waals surface area contributed by atoms with E-state index in [0.717, 1.165) is 14.1 Å². The molecule has 0 aliphatic rings. The van der Waals surface area contributed by atoms with E-state index in [1.165, 1.54) is 11.3 Å². The number of benzene rings is 1. The van der Waals surface area contributed by atoms with Gasteiger partial charge in [0.1, 0.15) is 0 Å². The van der Waals surface area contributed by atoms with Crippen molar-refractivity contribution in [3.8, 4) is 0 Å². The van der Waals surface area contributed by atoms with Gasteiger partial charge in [-0.2, -0.15) is 0 Å². The molecule has 1 heterocycles. The molecule has 94 valence electrons. The summed E-state index contributed by atoms with van der Waals surface area (Å²) in [6, 6.07) is 11.0. The number of thiol groups is 1. The Kier molecular flexibility index (Phi) is 4.32. The first-order chi connectivity index (χ1) is 8.56. The molecule has 1 amide bonds. The Hall–Kier alpha value is -0.970. The van der Waals surface area contributed by atoms with Crippen LogP contribution in [0, 0.1) is 0 Å². The Balaban J connectivity index is 2.07. The van der Waals surface area contributed by atoms with Crippen molar-refractivity contribution >= 4 is 41.5 Å². The van der Waals surface area contributed by atoms with Crippen molar-refractivity contribution < 1.29 is 4.79 Å². The highest BCUT2D eigenvalue weighted by Crippen LogP contribution is 2.22. The van der Waals surface area contributed by atoms with E-state index in [9.17, 15) is 4.79 Å². The minimum absolute atomic E-state index is 0.00662. The summed E-state index contributed by atoms with van der Waals surface area (Å²) in [5, 5.41) is 0. The fourth-order valence-corrected chi connectivity index (χ4v) is 2.86.